The van der Waals surface area contributed by atoms with Gasteiger partial charge in [0.1, 0.15) is 6.61 Å². The molecule has 0 atom stereocenters. The number of rotatable bonds is 6. The van der Waals surface area contributed by atoms with Gasteiger partial charge in [-0.05, 0) is 24.6 Å². The fourth-order valence-electron chi connectivity index (χ4n) is 1.08. The van der Waals surface area contributed by atoms with Crippen LogP contribution in [-0.4, -0.2) is 19.8 Å². The van der Waals surface area contributed by atoms with Crippen LogP contribution in [0.25, 0.3) is 0 Å². The number of para-hydroxylation sites is 2. The molecule has 0 heterocycles. The highest BCUT2D eigenvalue weighted by molar-refractivity contribution is 5.39. The Bertz CT molecular complexity index is 323. The van der Waals surface area contributed by atoms with Crippen molar-refractivity contribution in [3.05, 3.63) is 36.4 Å². The minimum Gasteiger partial charge on any atom is -0.490 e. The third-order valence-electron chi connectivity index (χ3n) is 1.87. The fraction of sp³-hybridized carbons (Fsp3) is 0.333. The van der Waals surface area contributed by atoms with Crippen molar-refractivity contribution in [2.45, 2.75) is 6.92 Å². The van der Waals surface area contributed by atoms with E-state index in [0.717, 1.165) is 17.1 Å². The topological polar surface area (TPSA) is 44.5 Å². The molecule has 0 unspecified atom stereocenters. The molecule has 0 spiro atoms. The van der Waals surface area contributed by atoms with E-state index >= 15 is 0 Å². The molecule has 1 aromatic rings. The lowest BCUT2D eigenvalue weighted by atomic mass is 10.3. The first kappa shape index (κ1) is 11.6. The lowest BCUT2D eigenvalue weighted by molar-refractivity contribution is 0.292. The van der Waals surface area contributed by atoms with E-state index in [4.69, 9.17) is 15.2 Å². The highest BCUT2D eigenvalue weighted by Crippen LogP contribution is 2.26. The molecule has 0 saturated carbocycles. The molecule has 0 aliphatic rings. The number of hydrogen-bond acceptors (Lipinski definition) is 3. The highest BCUT2D eigenvalue weighted by Gasteiger charge is 2.03. The van der Waals surface area contributed by atoms with Gasteiger partial charge in [-0.3, -0.25) is 0 Å². The van der Waals surface area contributed by atoms with Crippen LogP contribution in [0, 0.1) is 0 Å². The number of nitrogens with two attached hydrogens (primary N) is 1. The lowest BCUT2D eigenvalue weighted by Gasteiger charge is -2.11. The Morgan fingerprint density at radius 2 is 1.87 bits per heavy atom. The first-order chi connectivity index (χ1) is 7.27. The summed E-state index contributed by atoms with van der Waals surface area (Å²) in [4.78, 5) is 0. The molecule has 15 heavy (non-hydrogen) atoms. The van der Waals surface area contributed by atoms with Crippen LogP contribution >= 0.6 is 0 Å². The van der Waals surface area contributed by atoms with Crippen molar-refractivity contribution < 1.29 is 9.47 Å². The van der Waals surface area contributed by atoms with E-state index in [1.54, 1.807) is 0 Å². The van der Waals surface area contributed by atoms with Crippen molar-refractivity contribution in [2.75, 3.05) is 19.8 Å². The molecular formula is C12H17NO2. The molecule has 1 rings (SSSR count). The Morgan fingerprint density at radius 3 is 2.40 bits per heavy atom. The van der Waals surface area contributed by atoms with Crippen molar-refractivity contribution >= 4 is 0 Å². The van der Waals surface area contributed by atoms with Crippen LogP contribution in [-0.2, 0) is 0 Å². The quantitative estimate of drug-likeness (QED) is 0.725. The predicted molar refractivity (Wildman–Crippen MR) is 61.3 cm³/mol. The number of benzene rings is 1. The number of hydrogen-bond donors (Lipinski definition) is 1. The molecule has 0 fully saturated rings. The van der Waals surface area contributed by atoms with Crippen LogP contribution in [0.5, 0.6) is 11.5 Å². The predicted octanol–water partition coefficient (Wildman–Crippen LogP) is 1.98. The Hall–Kier alpha value is -1.48. The molecule has 0 aromatic heterocycles. The first-order valence-corrected chi connectivity index (χ1v) is 4.99. The molecule has 0 bridgehead atoms. The van der Waals surface area contributed by atoms with Crippen LogP contribution in [0.4, 0.5) is 0 Å². The third kappa shape index (κ3) is 3.64. The smallest absolute Gasteiger partial charge is 0.161 e. The van der Waals surface area contributed by atoms with E-state index in [9.17, 15) is 0 Å². The van der Waals surface area contributed by atoms with Crippen molar-refractivity contribution in [2.24, 2.45) is 5.73 Å². The Balaban J connectivity index is 2.62. The van der Waals surface area contributed by atoms with E-state index in [1.807, 2.05) is 31.2 Å². The normalized spacial score (nSPS) is 9.73. The van der Waals surface area contributed by atoms with Crippen LogP contribution in [0.3, 0.4) is 0 Å². The average molecular weight is 207 g/mol. The second-order valence-corrected chi connectivity index (χ2v) is 3.12. The zero-order chi connectivity index (χ0) is 11.1. The monoisotopic (exact) mass is 207 g/mol. The Morgan fingerprint density at radius 1 is 1.27 bits per heavy atom. The zero-order valence-electron chi connectivity index (χ0n) is 9.03. The second-order valence-electron chi connectivity index (χ2n) is 3.12. The molecule has 3 nitrogen and oxygen atoms in total. The SMILES string of the molecule is C=C(CN)COc1ccccc1OCC. The van der Waals surface area contributed by atoms with Gasteiger partial charge in [0.05, 0.1) is 6.61 Å². The Labute approximate surface area is 90.5 Å². The maximum Gasteiger partial charge on any atom is 0.161 e. The van der Waals surface area contributed by atoms with Gasteiger partial charge in [0, 0.05) is 6.54 Å². The molecule has 0 aliphatic carbocycles. The molecule has 0 radical (unpaired) electrons. The van der Waals surface area contributed by atoms with Gasteiger partial charge in [-0.2, -0.15) is 0 Å². The van der Waals surface area contributed by atoms with E-state index in [2.05, 4.69) is 6.58 Å². The second kappa shape index (κ2) is 6.09. The third-order valence-corrected chi connectivity index (χ3v) is 1.87. The van der Waals surface area contributed by atoms with Crippen molar-refractivity contribution in [3.63, 3.8) is 0 Å². The lowest BCUT2D eigenvalue weighted by Crippen LogP contribution is -2.10. The van der Waals surface area contributed by atoms with Gasteiger partial charge >= 0.3 is 0 Å². The average Bonchev–Trinajstić information content (AvgIpc) is 2.28. The van der Waals surface area contributed by atoms with Crippen LogP contribution < -0.4 is 15.2 Å². The van der Waals surface area contributed by atoms with Crippen LogP contribution in [0.15, 0.2) is 36.4 Å². The van der Waals surface area contributed by atoms with Crippen LogP contribution in [0.2, 0.25) is 0 Å². The van der Waals surface area contributed by atoms with E-state index in [0.29, 0.717) is 19.8 Å². The van der Waals surface area contributed by atoms with Gasteiger partial charge in [0.15, 0.2) is 11.5 Å². The van der Waals surface area contributed by atoms with Crippen molar-refractivity contribution in [1.82, 2.24) is 0 Å². The molecule has 1 aromatic carbocycles. The van der Waals surface area contributed by atoms with Crippen LogP contribution in [0.1, 0.15) is 6.92 Å². The molecular weight excluding hydrogens is 190 g/mol. The molecule has 0 aliphatic heterocycles. The fourth-order valence-corrected chi connectivity index (χ4v) is 1.08. The summed E-state index contributed by atoms with van der Waals surface area (Å²) in [7, 11) is 0. The molecule has 82 valence electrons. The molecule has 2 N–H and O–H groups in total. The van der Waals surface area contributed by atoms with Crippen molar-refractivity contribution in [3.8, 4) is 11.5 Å². The van der Waals surface area contributed by atoms with E-state index < -0.39 is 0 Å². The molecule has 0 saturated heterocycles. The zero-order valence-corrected chi connectivity index (χ0v) is 9.03. The first-order valence-electron chi connectivity index (χ1n) is 4.99. The summed E-state index contributed by atoms with van der Waals surface area (Å²) in [5.41, 5.74) is 6.28. The molecule has 0 amide bonds. The summed E-state index contributed by atoms with van der Waals surface area (Å²) >= 11 is 0. The summed E-state index contributed by atoms with van der Waals surface area (Å²) in [5, 5.41) is 0. The summed E-state index contributed by atoms with van der Waals surface area (Å²) in [5.74, 6) is 1.48. The maximum absolute atomic E-state index is 5.54. The van der Waals surface area contributed by atoms with Gasteiger partial charge in [-0.25, -0.2) is 0 Å². The minimum atomic E-state index is 0.431. The molecule has 3 heteroatoms. The van der Waals surface area contributed by atoms with E-state index in [-0.39, 0.29) is 0 Å². The van der Waals surface area contributed by atoms with E-state index in [1.165, 1.54) is 0 Å². The van der Waals surface area contributed by atoms with Crippen molar-refractivity contribution in [1.29, 1.82) is 0 Å². The minimum absolute atomic E-state index is 0.431. The largest absolute Gasteiger partial charge is 0.490 e. The standard InChI is InChI=1S/C12H17NO2/c1-3-14-11-6-4-5-7-12(11)15-9-10(2)8-13/h4-7H,2-3,8-9,13H2,1H3. The summed E-state index contributed by atoms with van der Waals surface area (Å²) < 4.78 is 11.0. The van der Waals surface area contributed by atoms with Gasteiger partial charge < -0.3 is 15.2 Å². The maximum atomic E-state index is 5.54. The summed E-state index contributed by atoms with van der Waals surface area (Å²) in [6.07, 6.45) is 0. The van der Waals surface area contributed by atoms with Gasteiger partial charge in [-0.1, -0.05) is 18.7 Å². The number of ether oxygens (including phenoxy) is 2. The summed E-state index contributed by atoms with van der Waals surface area (Å²) in [6, 6.07) is 7.57. The highest BCUT2D eigenvalue weighted by atomic mass is 16.5. The van der Waals surface area contributed by atoms with Gasteiger partial charge in [-0.15, -0.1) is 0 Å². The van der Waals surface area contributed by atoms with Gasteiger partial charge in [0.2, 0.25) is 0 Å². The summed E-state index contributed by atoms with van der Waals surface area (Å²) in [6.45, 7) is 7.21. The Kier molecular flexibility index (Phi) is 4.71. The van der Waals surface area contributed by atoms with Gasteiger partial charge in [0.25, 0.3) is 0 Å².